The SMILES string of the molecule is N#CC1CCC(NC(=O)CC(CO)N2CCOC3(CCN(c4ccc(OC(F)(F)F)cc4)C3)C2)CC1. The molecule has 3 fully saturated rings. The lowest BCUT2D eigenvalue weighted by atomic mass is 9.87. The number of nitriles is 1. The van der Waals surface area contributed by atoms with Crippen molar-refractivity contribution in [3.63, 3.8) is 0 Å². The first-order valence-corrected chi connectivity index (χ1v) is 12.5. The Bertz CT molecular complexity index is 931. The normalized spacial score (nSPS) is 28.0. The van der Waals surface area contributed by atoms with Gasteiger partial charge < -0.3 is 24.8 Å². The molecular weight excluding hydrogens is 477 g/mol. The van der Waals surface area contributed by atoms with Crippen molar-refractivity contribution in [2.24, 2.45) is 5.92 Å². The summed E-state index contributed by atoms with van der Waals surface area (Å²) < 4.78 is 47.4. The zero-order valence-electron chi connectivity index (χ0n) is 20.2. The number of aliphatic hydroxyl groups excluding tert-OH is 1. The lowest BCUT2D eigenvalue weighted by molar-refractivity contribution is -0.274. The largest absolute Gasteiger partial charge is 0.573 e. The smallest absolute Gasteiger partial charge is 0.406 e. The van der Waals surface area contributed by atoms with E-state index in [0.29, 0.717) is 32.8 Å². The molecule has 0 radical (unpaired) electrons. The second-order valence-corrected chi connectivity index (χ2v) is 10.0. The standard InChI is InChI=1S/C25H33F3N4O4/c26-25(27,28)36-22-7-5-20(6-8-22)31-10-9-24(16-31)17-32(11-12-35-24)21(15-33)13-23(34)30-19-3-1-18(14-29)2-4-19/h5-8,18-19,21,33H,1-4,9-13,15-17H2,(H,30,34). The van der Waals surface area contributed by atoms with Crippen LogP contribution in [0.4, 0.5) is 18.9 Å². The number of anilines is 1. The number of rotatable bonds is 7. The summed E-state index contributed by atoms with van der Waals surface area (Å²) >= 11 is 0. The Morgan fingerprint density at radius 3 is 2.58 bits per heavy atom. The molecule has 3 aliphatic rings. The Kier molecular flexibility index (Phi) is 8.27. The van der Waals surface area contributed by atoms with E-state index >= 15 is 0 Å². The minimum atomic E-state index is -4.73. The molecule has 0 bridgehead atoms. The second-order valence-electron chi connectivity index (χ2n) is 10.0. The van der Waals surface area contributed by atoms with Crippen LogP contribution in [0.1, 0.15) is 38.5 Å². The molecular formula is C25H33F3N4O4. The van der Waals surface area contributed by atoms with E-state index in [9.17, 15) is 23.1 Å². The number of hydrogen-bond acceptors (Lipinski definition) is 7. The minimum Gasteiger partial charge on any atom is -0.406 e. The minimum absolute atomic E-state index is 0.0741. The van der Waals surface area contributed by atoms with Gasteiger partial charge >= 0.3 is 6.36 Å². The van der Waals surface area contributed by atoms with Crippen molar-refractivity contribution in [3.8, 4) is 11.8 Å². The summed E-state index contributed by atoms with van der Waals surface area (Å²) in [7, 11) is 0. The van der Waals surface area contributed by atoms with E-state index in [0.717, 1.165) is 37.8 Å². The molecule has 2 unspecified atom stereocenters. The van der Waals surface area contributed by atoms with Gasteiger partial charge in [0.1, 0.15) is 5.75 Å². The highest BCUT2D eigenvalue weighted by molar-refractivity contribution is 5.77. The Morgan fingerprint density at radius 2 is 1.94 bits per heavy atom. The number of ether oxygens (including phenoxy) is 2. The molecule has 2 saturated heterocycles. The molecule has 2 aliphatic heterocycles. The van der Waals surface area contributed by atoms with E-state index in [1.54, 1.807) is 12.1 Å². The number of carbonyl (C=O) groups is 1. The fourth-order valence-electron chi connectivity index (χ4n) is 5.53. The van der Waals surface area contributed by atoms with Crippen LogP contribution in [-0.4, -0.2) is 79.4 Å². The first-order chi connectivity index (χ1) is 17.2. The number of nitrogens with zero attached hydrogens (tertiary/aromatic N) is 3. The Morgan fingerprint density at radius 1 is 1.22 bits per heavy atom. The molecule has 1 spiro atoms. The molecule has 11 heteroatoms. The van der Waals surface area contributed by atoms with Crippen LogP contribution in [0.3, 0.4) is 0 Å². The van der Waals surface area contributed by atoms with Crippen LogP contribution in [0.2, 0.25) is 0 Å². The van der Waals surface area contributed by atoms with Crippen LogP contribution in [0.15, 0.2) is 24.3 Å². The maximum atomic E-state index is 12.7. The van der Waals surface area contributed by atoms with Gasteiger partial charge in [0.2, 0.25) is 5.91 Å². The predicted octanol–water partition coefficient (Wildman–Crippen LogP) is 2.82. The number of morpholine rings is 1. The monoisotopic (exact) mass is 510 g/mol. The van der Waals surface area contributed by atoms with E-state index in [4.69, 9.17) is 10.00 Å². The summed E-state index contributed by atoms with van der Waals surface area (Å²) in [5, 5.41) is 22.2. The van der Waals surface area contributed by atoms with Crippen LogP contribution >= 0.6 is 0 Å². The zero-order valence-corrected chi connectivity index (χ0v) is 20.2. The molecule has 8 nitrogen and oxygen atoms in total. The number of hydrogen-bond donors (Lipinski definition) is 2. The van der Waals surface area contributed by atoms with Crippen molar-refractivity contribution >= 4 is 11.6 Å². The second kappa shape index (κ2) is 11.2. The number of nitrogens with one attached hydrogen (secondary N) is 1. The Balaban J connectivity index is 1.30. The topological polar surface area (TPSA) is 98.1 Å². The van der Waals surface area contributed by atoms with Gasteiger partial charge in [-0.15, -0.1) is 13.2 Å². The number of carbonyl (C=O) groups excluding carboxylic acids is 1. The third-order valence-electron chi connectivity index (χ3n) is 7.45. The van der Waals surface area contributed by atoms with Gasteiger partial charge in [-0.1, -0.05) is 0 Å². The molecule has 1 aromatic rings. The lowest BCUT2D eigenvalue weighted by Gasteiger charge is -2.43. The maximum absolute atomic E-state index is 12.7. The third kappa shape index (κ3) is 6.81. The molecule has 2 atom stereocenters. The van der Waals surface area contributed by atoms with Gasteiger partial charge in [0.15, 0.2) is 0 Å². The van der Waals surface area contributed by atoms with Crippen LogP contribution in [0.25, 0.3) is 0 Å². The van der Waals surface area contributed by atoms with Gasteiger partial charge in [0.05, 0.1) is 24.9 Å². The summed E-state index contributed by atoms with van der Waals surface area (Å²) in [6.45, 7) is 2.75. The molecule has 2 heterocycles. The van der Waals surface area contributed by atoms with Gasteiger partial charge in [-0.05, 0) is 56.4 Å². The molecule has 0 aromatic heterocycles. The summed E-state index contributed by atoms with van der Waals surface area (Å²) in [5.41, 5.74) is 0.310. The Hall–Kier alpha value is -2.55. The molecule has 1 aromatic carbocycles. The zero-order chi connectivity index (χ0) is 25.8. The molecule has 1 aliphatic carbocycles. The molecule has 2 N–H and O–H groups in total. The average Bonchev–Trinajstić information content (AvgIpc) is 3.25. The number of amides is 1. The highest BCUT2D eigenvalue weighted by atomic mass is 19.4. The quantitative estimate of drug-likeness (QED) is 0.582. The predicted molar refractivity (Wildman–Crippen MR) is 125 cm³/mol. The number of aliphatic hydroxyl groups is 1. The fourth-order valence-corrected chi connectivity index (χ4v) is 5.53. The van der Waals surface area contributed by atoms with Gasteiger partial charge in [-0.3, -0.25) is 9.69 Å². The molecule has 1 amide bonds. The summed E-state index contributed by atoms with van der Waals surface area (Å²) in [6, 6.07) is 7.86. The average molecular weight is 511 g/mol. The first-order valence-electron chi connectivity index (χ1n) is 12.5. The summed E-state index contributed by atoms with van der Waals surface area (Å²) in [5.74, 6) is -0.281. The number of halogens is 3. The van der Waals surface area contributed by atoms with Crippen molar-refractivity contribution in [1.82, 2.24) is 10.2 Å². The highest BCUT2D eigenvalue weighted by Crippen LogP contribution is 2.34. The molecule has 4 rings (SSSR count). The number of alkyl halides is 3. The molecule has 36 heavy (non-hydrogen) atoms. The van der Waals surface area contributed by atoms with Crippen molar-refractivity contribution in [3.05, 3.63) is 24.3 Å². The summed E-state index contributed by atoms with van der Waals surface area (Å²) in [6.07, 6.45) is -0.612. The highest BCUT2D eigenvalue weighted by Gasteiger charge is 2.44. The van der Waals surface area contributed by atoms with Crippen molar-refractivity contribution in [2.75, 3.05) is 44.3 Å². The van der Waals surface area contributed by atoms with Gasteiger partial charge in [0.25, 0.3) is 0 Å². The van der Waals surface area contributed by atoms with E-state index in [-0.39, 0.29) is 42.7 Å². The molecule has 198 valence electrons. The van der Waals surface area contributed by atoms with E-state index in [1.807, 2.05) is 0 Å². The van der Waals surface area contributed by atoms with E-state index < -0.39 is 12.0 Å². The van der Waals surface area contributed by atoms with Crippen molar-refractivity contribution in [1.29, 1.82) is 5.26 Å². The van der Waals surface area contributed by atoms with Gasteiger partial charge in [0, 0.05) is 56.3 Å². The van der Waals surface area contributed by atoms with Gasteiger partial charge in [-0.25, -0.2) is 0 Å². The Labute approximate surface area is 208 Å². The van der Waals surface area contributed by atoms with Crippen molar-refractivity contribution < 1.29 is 32.5 Å². The lowest BCUT2D eigenvalue weighted by Crippen LogP contribution is -2.57. The maximum Gasteiger partial charge on any atom is 0.573 e. The van der Waals surface area contributed by atoms with Crippen LogP contribution in [0.5, 0.6) is 5.75 Å². The van der Waals surface area contributed by atoms with Gasteiger partial charge in [-0.2, -0.15) is 5.26 Å². The van der Waals surface area contributed by atoms with Crippen molar-refractivity contribution in [2.45, 2.75) is 62.6 Å². The van der Waals surface area contributed by atoms with Crippen LogP contribution < -0.4 is 15.0 Å². The summed E-state index contributed by atoms with van der Waals surface area (Å²) in [4.78, 5) is 16.9. The van der Waals surface area contributed by atoms with E-state index in [2.05, 4.69) is 25.9 Å². The first kappa shape index (κ1) is 26.5. The third-order valence-corrected chi connectivity index (χ3v) is 7.45. The van der Waals surface area contributed by atoms with Crippen LogP contribution in [0, 0.1) is 17.2 Å². The van der Waals surface area contributed by atoms with Crippen LogP contribution in [-0.2, 0) is 9.53 Å². The number of benzene rings is 1. The molecule has 1 saturated carbocycles. The fraction of sp³-hybridized carbons (Fsp3) is 0.680. The van der Waals surface area contributed by atoms with E-state index in [1.165, 1.54) is 12.1 Å².